The van der Waals surface area contributed by atoms with Gasteiger partial charge in [-0.3, -0.25) is 24.7 Å². The Hall–Kier alpha value is -3.13. The zero-order chi connectivity index (χ0) is 19.8. The molecule has 2 atom stereocenters. The highest BCUT2D eigenvalue weighted by atomic mass is 16.6. The monoisotopic (exact) mass is 383 g/mol. The Morgan fingerprint density at radius 1 is 1.25 bits per heavy atom. The molecule has 146 valence electrons. The molecule has 2 heterocycles. The molecule has 0 saturated carbocycles. The minimum absolute atomic E-state index is 0.00397. The van der Waals surface area contributed by atoms with Gasteiger partial charge in [-0.15, -0.1) is 0 Å². The van der Waals surface area contributed by atoms with Crippen molar-refractivity contribution < 1.29 is 19.6 Å². The largest absolute Gasteiger partial charge is 0.504 e. The zero-order valence-electron chi connectivity index (χ0n) is 15.4. The zero-order valence-corrected chi connectivity index (χ0v) is 15.4. The molecular formula is C20H21N3O5. The first-order chi connectivity index (χ1) is 13.5. The molecule has 1 N–H and O–H groups in total. The minimum Gasteiger partial charge on any atom is -0.504 e. The first kappa shape index (κ1) is 18.2. The number of nitro groups is 1. The van der Waals surface area contributed by atoms with Gasteiger partial charge in [-0.05, 0) is 42.7 Å². The van der Waals surface area contributed by atoms with Gasteiger partial charge in [0.05, 0.1) is 24.2 Å². The van der Waals surface area contributed by atoms with Crippen LogP contribution in [0.25, 0.3) is 0 Å². The summed E-state index contributed by atoms with van der Waals surface area (Å²) in [5, 5.41) is 20.8. The molecule has 2 aliphatic heterocycles. The molecule has 4 rings (SSSR count). The van der Waals surface area contributed by atoms with E-state index in [0.29, 0.717) is 17.9 Å². The summed E-state index contributed by atoms with van der Waals surface area (Å²) in [6, 6.07) is 11.1. The first-order valence-corrected chi connectivity index (χ1v) is 9.19. The van der Waals surface area contributed by atoms with E-state index >= 15 is 0 Å². The lowest BCUT2D eigenvalue weighted by Crippen LogP contribution is -2.41. The lowest BCUT2D eigenvalue weighted by Gasteiger charge is -2.29. The van der Waals surface area contributed by atoms with Crippen LogP contribution >= 0.6 is 0 Å². The number of rotatable bonds is 5. The number of ether oxygens (including phenoxy) is 1. The van der Waals surface area contributed by atoms with Crippen LogP contribution in [0.4, 0.5) is 11.4 Å². The van der Waals surface area contributed by atoms with Gasteiger partial charge in [0.2, 0.25) is 5.91 Å². The summed E-state index contributed by atoms with van der Waals surface area (Å²) in [6.45, 7) is 0.833. The summed E-state index contributed by atoms with van der Waals surface area (Å²) in [7, 11) is 1.50. The van der Waals surface area contributed by atoms with E-state index in [1.165, 1.54) is 19.2 Å². The Kier molecular flexibility index (Phi) is 4.64. The molecule has 0 aliphatic carbocycles. The maximum absolute atomic E-state index is 13.1. The predicted molar refractivity (Wildman–Crippen MR) is 102 cm³/mol. The number of hydrogen-bond donors (Lipinski definition) is 1. The minimum atomic E-state index is -0.450. The molecule has 8 nitrogen and oxygen atoms in total. The Labute approximate surface area is 162 Å². The first-order valence-electron chi connectivity index (χ1n) is 9.19. The summed E-state index contributed by atoms with van der Waals surface area (Å²) < 4.78 is 5.20. The van der Waals surface area contributed by atoms with E-state index in [1.807, 2.05) is 6.07 Å². The average molecular weight is 383 g/mol. The number of aromatic hydroxyl groups is 1. The standard InChI is InChI=1S/C20H21N3O5/c1-28-18-11-13(4-9-17(18)24)12-19-21-10-2-3-16(21)20(25)22(19)14-5-7-15(8-6-14)23(26)27/h4-9,11,16,19,24H,2-3,10,12H2,1H3/t16-,19+/m0/s1. The smallest absolute Gasteiger partial charge is 0.269 e. The van der Waals surface area contributed by atoms with Crippen molar-refractivity contribution in [2.75, 3.05) is 18.6 Å². The van der Waals surface area contributed by atoms with E-state index in [-0.39, 0.29) is 29.6 Å². The molecule has 2 aliphatic rings. The second-order valence-electron chi connectivity index (χ2n) is 7.07. The Morgan fingerprint density at radius 2 is 2.00 bits per heavy atom. The molecule has 0 radical (unpaired) electrons. The van der Waals surface area contributed by atoms with Crippen molar-refractivity contribution in [3.8, 4) is 11.5 Å². The maximum Gasteiger partial charge on any atom is 0.269 e. The number of hydrogen-bond acceptors (Lipinski definition) is 6. The van der Waals surface area contributed by atoms with Gasteiger partial charge in [-0.2, -0.15) is 0 Å². The number of phenols is 1. The molecular weight excluding hydrogens is 362 g/mol. The quantitative estimate of drug-likeness (QED) is 0.630. The molecule has 2 aromatic carbocycles. The average Bonchev–Trinajstić information content (AvgIpc) is 3.27. The van der Waals surface area contributed by atoms with Crippen molar-refractivity contribution in [3.63, 3.8) is 0 Å². The third-order valence-electron chi connectivity index (χ3n) is 5.50. The van der Waals surface area contributed by atoms with Gasteiger partial charge in [-0.1, -0.05) is 6.07 Å². The van der Waals surface area contributed by atoms with Crippen LogP contribution in [-0.2, 0) is 11.2 Å². The van der Waals surface area contributed by atoms with E-state index in [1.54, 1.807) is 29.2 Å². The number of fused-ring (bicyclic) bond motifs is 1. The summed E-state index contributed by atoms with van der Waals surface area (Å²) in [6.07, 6.45) is 2.17. The second kappa shape index (κ2) is 7.12. The van der Waals surface area contributed by atoms with Gasteiger partial charge in [-0.25, -0.2) is 0 Å². The lowest BCUT2D eigenvalue weighted by atomic mass is 10.1. The highest BCUT2D eigenvalue weighted by Gasteiger charge is 2.48. The number of phenolic OH excluding ortho intramolecular Hbond substituents is 1. The van der Waals surface area contributed by atoms with Crippen LogP contribution < -0.4 is 9.64 Å². The number of amides is 1. The topological polar surface area (TPSA) is 96.2 Å². The van der Waals surface area contributed by atoms with Crippen LogP contribution in [0.1, 0.15) is 18.4 Å². The number of carbonyl (C=O) groups excluding carboxylic acids is 1. The van der Waals surface area contributed by atoms with Crippen molar-refractivity contribution in [1.29, 1.82) is 0 Å². The number of anilines is 1. The summed E-state index contributed by atoms with van der Waals surface area (Å²) in [5.74, 6) is 0.490. The molecule has 28 heavy (non-hydrogen) atoms. The number of nitro benzene ring substituents is 1. The van der Waals surface area contributed by atoms with Gasteiger partial charge in [0.15, 0.2) is 11.5 Å². The van der Waals surface area contributed by atoms with Crippen molar-refractivity contribution >= 4 is 17.3 Å². The van der Waals surface area contributed by atoms with E-state index in [4.69, 9.17) is 4.74 Å². The third-order valence-corrected chi connectivity index (χ3v) is 5.50. The number of nitrogens with zero attached hydrogens (tertiary/aromatic N) is 3. The van der Waals surface area contributed by atoms with Crippen LogP contribution in [0.2, 0.25) is 0 Å². The van der Waals surface area contributed by atoms with Crippen molar-refractivity contribution in [3.05, 3.63) is 58.1 Å². The summed E-state index contributed by atoms with van der Waals surface area (Å²) >= 11 is 0. The SMILES string of the molecule is COc1cc(C[C@H]2N(c3ccc([N+](=O)[O-])cc3)C(=O)[C@@H]3CCCN32)ccc1O. The second-order valence-corrected chi connectivity index (χ2v) is 7.07. The fourth-order valence-corrected chi connectivity index (χ4v) is 4.17. The lowest BCUT2D eigenvalue weighted by molar-refractivity contribution is -0.384. The van der Waals surface area contributed by atoms with E-state index in [9.17, 15) is 20.0 Å². The molecule has 2 aromatic rings. The number of carbonyl (C=O) groups is 1. The normalized spacial score (nSPS) is 21.8. The molecule has 0 spiro atoms. The number of non-ortho nitro benzene ring substituents is 1. The summed E-state index contributed by atoms with van der Waals surface area (Å²) in [5.41, 5.74) is 1.59. The fraction of sp³-hybridized carbons (Fsp3) is 0.350. The van der Waals surface area contributed by atoms with Crippen LogP contribution in [-0.4, -0.2) is 46.7 Å². The van der Waals surface area contributed by atoms with Crippen LogP contribution in [0.5, 0.6) is 11.5 Å². The number of methoxy groups -OCH3 is 1. The molecule has 0 aromatic heterocycles. The maximum atomic E-state index is 13.1. The van der Waals surface area contributed by atoms with Crippen LogP contribution in [0.3, 0.4) is 0 Å². The van der Waals surface area contributed by atoms with Crippen LogP contribution in [0.15, 0.2) is 42.5 Å². The highest BCUT2D eigenvalue weighted by Crippen LogP contribution is 2.37. The fourth-order valence-electron chi connectivity index (χ4n) is 4.17. The van der Waals surface area contributed by atoms with Crippen molar-refractivity contribution in [1.82, 2.24) is 4.90 Å². The van der Waals surface area contributed by atoms with Gasteiger partial charge in [0.25, 0.3) is 5.69 Å². The Balaban J connectivity index is 1.67. The predicted octanol–water partition coefficient (Wildman–Crippen LogP) is 2.69. The Morgan fingerprint density at radius 3 is 2.68 bits per heavy atom. The highest BCUT2D eigenvalue weighted by molar-refractivity contribution is 6.00. The van der Waals surface area contributed by atoms with E-state index in [0.717, 1.165) is 24.9 Å². The Bertz CT molecular complexity index is 915. The molecule has 8 heteroatoms. The van der Waals surface area contributed by atoms with Gasteiger partial charge >= 0.3 is 0 Å². The van der Waals surface area contributed by atoms with Gasteiger partial charge in [0, 0.05) is 30.8 Å². The third kappa shape index (κ3) is 3.05. The molecule has 0 bridgehead atoms. The van der Waals surface area contributed by atoms with Gasteiger partial charge in [0.1, 0.15) is 0 Å². The number of benzene rings is 2. The van der Waals surface area contributed by atoms with Gasteiger partial charge < -0.3 is 9.84 Å². The van der Waals surface area contributed by atoms with E-state index in [2.05, 4.69) is 4.90 Å². The van der Waals surface area contributed by atoms with Crippen molar-refractivity contribution in [2.24, 2.45) is 0 Å². The summed E-state index contributed by atoms with van der Waals surface area (Å²) in [4.78, 5) is 27.5. The molecule has 0 unspecified atom stereocenters. The van der Waals surface area contributed by atoms with Crippen LogP contribution in [0, 0.1) is 10.1 Å². The van der Waals surface area contributed by atoms with E-state index < -0.39 is 4.92 Å². The molecule has 2 fully saturated rings. The molecule has 2 saturated heterocycles. The molecule has 1 amide bonds. The van der Waals surface area contributed by atoms with Crippen molar-refractivity contribution in [2.45, 2.75) is 31.5 Å².